The third-order valence-corrected chi connectivity index (χ3v) is 7.07. The molecule has 0 aliphatic carbocycles. The van der Waals surface area contributed by atoms with Crippen LogP contribution in [0.25, 0.3) is 0 Å². The molecule has 1 saturated heterocycles. The molecule has 2 heterocycles. The van der Waals surface area contributed by atoms with E-state index in [1.54, 1.807) is 34.7 Å². The van der Waals surface area contributed by atoms with Gasteiger partial charge in [0.05, 0.1) is 28.3 Å². The molecule has 1 aliphatic rings. The number of carbonyl (C=O) groups excluding carboxylic acids is 1. The Bertz CT molecular complexity index is 788. The fourth-order valence-electron chi connectivity index (χ4n) is 2.41. The monoisotopic (exact) mass is 368 g/mol. The number of hydrogen-bond donors (Lipinski definition) is 1. The first kappa shape index (κ1) is 16.5. The molecule has 0 saturated carbocycles. The molecule has 5 nitrogen and oxygen atoms in total. The van der Waals surface area contributed by atoms with Crippen LogP contribution in [0.2, 0.25) is 0 Å². The van der Waals surface area contributed by atoms with Crippen LogP contribution in [-0.2, 0) is 15.6 Å². The number of amides is 1. The van der Waals surface area contributed by atoms with E-state index in [4.69, 9.17) is 0 Å². The SMILES string of the molecule is O=C(NC1CCS(=O)(=O)C1)c1ccccc1SCc1cscn1. The summed E-state index contributed by atoms with van der Waals surface area (Å²) in [4.78, 5) is 17.6. The maximum absolute atomic E-state index is 12.5. The summed E-state index contributed by atoms with van der Waals surface area (Å²) < 4.78 is 23.0. The van der Waals surface area contributed by atoms with Crippen LogP contribution < -0.4 is 5.32 Å². The van der Waals surface area contributed by atoms with E-state index in [0.29, 0.717) is 17.7 Å². The minimum Gasteiger partial charge on any atom is -0.348 e. The predicted octanol–water partition coefficient (Wildman–Crippen LogP) is 2.35. The Balaban J connectivity index is 1.68. The van der Waals surface area contributed by atoms with E-state index in [1.807, 2.05) is 23.6 Å². The standard InChI is InChI=1S/C15H16N2O3S3/c18-15(17-11-5-6-23(19,20)9-11)13-3-1-2-4-14(13)22-8-12-7-21-10-16-12/h1-4,7,10-11H,5-6,8-9H2,(H,17,18). The topological polar surface area (TPSA) is 76.1 Å². The summed E-state index contributed by atoms with van der Waals surface area (Å²) in [5.74, 6) is 0.671. The highest BCUT2D eigenvalue weighted by Gasteiger charge is 2.29. The number of thioether (sulfide) groups is 1. The number of rotatable bonds is 5. The summed E-state index contributed by atoms with van der Waals surface area (Å²) in [6, 6.07) is 7.08. The quantitative estimate of drug-likeness (QED) is 0.820. The average molecular weight is 369 g/mol. The van der Waals surface area contributed by atoms with Gasteiger partial charge in [0.1, 0.15) is 0 Å². The van der Waals surface area contributed by atoms with Gasteiger partial charge < -0.3 is 5.32 Å². The van der Waals surface area contributed by atoms with Crippen LogP contribution >= 0.6 is 23.1 Å². The molecular formula is C15H16N2O3S3. The Hall–Kier alpha value is -1.38. The molecule has 1 aliphatic heterocycles. The van der Waals surface area contributed by atoms with Crippen molar-refractivity contribution in [1.82, 2.24) is 10.3 Å². The predicted molar refractivity (Wildman–Crippen MR) is 92.6 cm³/mol. The number of thiazole rings is 1. The Kier molecular flexibility index (Phi) is 5.03. The first-order valence-corrected chi connectivity index (χ1v) is 10.9. The van der Waals surface area contributed by atoms with Crippen LogP contribution in [0.15, 0.2) is 40.1 Å². The summed E-state index contributed by atoms with van der Waals surface area (Å²) in [6.07, 6.45) is 0.488. The summed E-state index contributed by atoms with van der Waals surface area (Å²) in [5.41, 5.74) is 3.35. The zero-order chi connectivity index (χ0) is 16.3. The summed E-state index contributed by atoms with van der Waals surface area (Å²) in [7, 11) is -3.00. The van der Waals surface area contributed by atoms with Crippen molar-refractivity contribution in [1.29, 1.82) is 0 Å². The van der Waals surface area contributed by atoms with Gasteiger partial charge in [0.2, 0.25) is 0 Å². The highest BCUT2D eigenvalue weighted by Crippen LogP contribution is 2.26. The second kappa shape index (κ2) is 7.02. The molecule has 1 unspecified atom stereocenters. The molecule has 0 radical (unpaired) electrons. The highest BCUT2D eigenvalue weighted by atomic mass is 32.2. The molecule has 2 aromatic rings. The third kappa shape index (κ3) is 4.33. The van der Waals surface area contributed by atoms with Gasteiger partial charge in [-0.15, -0.1) is 23.1 Å². The lowest BCUT2D eigenvalue weighted by molar-refractivity contribution is 0.0938. The van der Waals surface area contributed by atoms with Gasteiger partial charge in [-0.2, -0.15) is 0 Å². The first-order valence-electron chi connectivity index (χ1n) is 7.14. The molecule has 122 valence electrons. The van der Waals surface area contributed by atoms with Crippen LogP contribution in [0.5, 0.6) is 0 Å². The number of benzene rings is 1. The van der Waals surface area contributed by atoms with Crippen LogP contribution in [0.1, 0.15) is 22.5 Å². The first-order chi connectivity index (χ1) is 11.0. The molecule has 1 aromatic heterocycles. The summed E-state index contributed by atoms with van der Waals surface area (Å²) >= 11 is 3.10. The van der Waals surface area contributed by atoms with Gasteiger partial charge in [0, 0.05) is 22.1 Å². The molecule has 1 atom stereocenters. The van der Waals surface area contributed by atoms with E-state index in [2.05, 4.69) is 10.3 Å². The maximum atomic E-state index is 12.5. The Morgan fingerprint density at radius 2 is 2.22 bits per heavy atom. The number of nitrogens with one attached hydrogen (secondary N) is 1. The fraction of sp³-hybridized carbons (Fsp3) is 0.333. The minimum absolute atomic E-state index is 0.0346. The van der Waals surface area contributed by atoms with E-state index in [9.17, 15) is 13.2 Å². The lowest BCUT2D eigenvalue weighted by Crippen LogP contribution is -2.35. The maximum Gasteiger partial charge on any atom is 0.252 e. The lowest BCUT2D eigenvalue weighted by Gasteiger charge is -2.13. The molecule has 3 rings (SSSR count). The number of sulfone groups is 1. The van der Waals surface area contributed by atoms with E-state index >= 15 is 0 Å². The van der Waals surface area contributed by atoms with Crippen molar-refractivity contribution < 1.29 is 13.2 Å². The molecule has 8 heteroatoms. The number of nitrogens with zero attached hydrogens (tertiary/aromatic N) is 1. The second-order valence-corrected chi connectivity index (χ2v) is 9.30. The largest absolute Gasteiger partial charge is 0.348 e. The molecule has 1 aromatic carbocycles. The van der Waals surface area contributed by atoms with Crippen molar-refractivity contribution >= 4 is 38.8 Å². The summed E-state index contributed by atoms with van der Waals surface area (Å²) in [6.45, 7) is 0. The Morgan fingerprint density at radius 3 is 2.91 bits per heavy atom. The normalized spacial score (nSPS) is 19.6. The Labute approximate surface area is 143 Å². The van der Waals surface area contributed by atoms with Gasteiger partial charge in [-0.25, -0.2) is 13.4 Å². The van der Waals surface area contributed by atoms with Crippen LogP contribution in [0, 0.1) is 0 Å². The van der Waals surface area contributed by atoms with Crippen LogP contribution in [0.4, 0.5) is 0 Å². The van der Waals surface area contributed by atoms with E-state index < -0.39 is 9.84 Å². The molecule has 1 N–H and O–H groups in total. The van der Waals surface area contributed by atoms with Gasteiger partial charge in [-0.3, -0.25) is 4.79 Å². The zero-order valence-corrected chi connectivity index (χ0v) is 14.7. The van der Waals surface area contributed by atoms with Gasteiger partial charge in [0.15, 0.2) is 9.84 Å². The second-order valence-electron chi connectivity index (χ2n) is 5.34. The minimum atomic E-state index is -3.00. The third-order valence-electron chi connectivity index (χ3n) is 3.56. The zero-order valence-electron chi connectivity index (χ0n) is 12.3. The van der Waals surface area contributed by atoms with Crippen molar-refractivity contribution in [2.24, 2.45) is 0 Å². The van der Waals surface area contributed by atoms with Crippen LogP contribution in [-0.4, -0.2) is 36.9 Å². The lowest BCUT2D eigenvalue weighted by atomic mass is 10.2. The number of carbonyl (C=O) groups is 1. The van der Waals surface area contributed by atoms with E-state index in [0.717, 1.165) is 10.6 Å². The summed E-state index contributed by atoms with van der Waals surface area (Å²) in [5, 5.41) is 4.82. The molecule has 1 amide bonds. The van der Waals surface area contributed by atoms with E-state index in [1.165, 1.54) is 0 Å². The smallest absolute Gasteiger partial charge is 0.252 e. The van der Waals surface area contributed by atoms with Crippen molar-refractivity contribution in [3.05, 3.63) is 46.4 Å². The molecular weight excluding hydrogens is 352 g/mol. The van der Waals surface area contributed by atoms with E-state index in [-0.39, 0.29) is 23.5 Å². The number of hydrogen-bond acceptors (Lipinski definition) is 6. The van der Waals surface area contributed by atoms with Gasteiger partial charge in [-0.05, 0) is 18.6 Å². The van der Waals surface area contributed by atoms with Crippen molar-refractivity contribution in [3.63, 3.8) is 0 Å². The highest BCUT2D eigenvalue weighted by molar-refractivity contribution is 7.98. The molecule has 23 heavy (non-hydrogen) atoms. The van der Waals surface area contributed by atoms with Crippen LogP contribution in [0.3, 0.4) is 0 Å². The van der Waals surface area contributed by atoms with Crippen molar-refractivity contribution in [3.8, 4) is 0 Å². The average Bonchev–Trinajstić information content (AvgIpc) is 3.15. The Morgan fingerprint density at radius 1 is 1.39 bits per heavy atom. The van der Waals surface area contributed by atoms with Crippen molar-refractivity contribution in [2.45, 2.75) is 23.1 Å². The van der Waals surface area contributed by atoms with Crippen molar-refractivity contribution in [2.75, 3.05) is 11.5 Å². The van der Waals surface area contributed by atoms with Gasteiger partial charge in [-0.1, -0.05) is 12.1 Å². The molecule has 0 bridgehead atoms. The van der Waals surface area contributed by atoms with Gasteiger partial charge >= 0.3 is 0 Å². The molecule has 0 spiro atoms. The van der Waals surface area contributed by atoms with Gasteiger partial charge in [0.25, 0.3) is 5.91 Å². The number of aromatic nitrogens is 1. The fourth-order valence-corrected chi connectivity index (χ4v) is 5.70. The molecule has 1 fully saturated rings.